The lowest BCUT2D eigenvalue weighted by Gasteiger charge is -2.25. The van der Waals surface area contributed by atoms with E-state index in [9.17, 15) is 9.18 Å². The van der Waals surface area contributed by atoms with Gasteiger partial charge in [0.2, 0.25) is 5.95 Å². The fourth-order valence-corrected chi connectivity index (χ4v) is 1.38. The predicted octanol–water partition coefficient (Wildman–Crippen LogP) is 1.06. The summed E-state index contributed by atoms with van der Waals surface area (Å²) in [5.74, 6) is -1.05. The van der Waals surface area contributed by atoms with Crippen LogP contribution in [-0.4, -0.2) is 40.1 Å². The zero-order chi connectivity index (χ0) is 12.1. The van der Waals surface area contributed by atoms with Gasteiger partial charge in [-0.25, -0.2) is 4.98 Å². The van der Waals surface area contributed by atoms with Crippen LogP contribution in [0.25, 0.3) is 0 Å². The molecule has 88 valence electrons. The highest BCUT2D eigenvalue weighted by Gasteiger charge is 2.19. The van der Waals surface area contributed by atoms with Gasteiger partial charge < -0.3 is 10.0 Å². The molecule has 1 amide bonds. The number of amides is 1. The average molecular weight is 226 g/mol. The molecule has 4 nitrogen and oxygen atoms in total. The summed E-state index contributed by atoms with van der Waals surface area (Å²) in [4.78, 5) is 16.9. The van der Waals surface area contributed by atoms with Crippen molar-refractivity contribution in [3.05, 3.63) is 29.8 Å². The van der Waals surface area contributed by atoms with Gasteiger partial charge in [0.25, 0.3) is 5.91 Å². The molecule has 16 heavy (non-hydrogen) atoms. The minimum absolute atomic E-state index is 0.0575. The molecule has 1 aromatic rings. The number of aliphatic hydroxyl groups excluding tert-OH is 1. The first-order chi connectivity index (χ1) is 7.56. The highest BCUT2D eigenvalue weighted by Crippen LogP contribution is 2.06. The van der Waals surface area contributed by atoms with Gasteiger partial charge in [-0.3, -0.25) is 4.79 Å². The van der Waals surface area contributed by atoms with E-state index < -0.39 is 5.95 Å². The third kappa shape index (κ3) is 3.00. The average Bonchev–Trinajstić information content (AvgIpc) is 2.24. The Morgan fingerprint density at radius 1 is 1.56 bits per heavy atom. The summed E-state index contributed by atoms with van der Waals surface area (Å²) >= 11 is 0. The lowest BCUT2D eigenvalue weighted by Crippen LogP contribution is -2.39. The van der Waals surface area contributed by atoms with Gasteiger partial charge in [-0.15, -0.1) is 0 Å². The number of rotatable bonds is 4. The molecule has 0 aromatic carbocycles. The number of hydrogen-bond donors (Lipinski definition) is 1. The number of aliphatic hydroxyl groups is 1. The Labute approximate surface area is 93.7 Å². The first-order valence-electron chi connectivity index (χ1n) is 5.10. The Morgan fingerprint density at radius 2 is 2.25 bits per heavy atom. The minimum Gasteiger partial charge on any atom is -0.395 e. The van der Waals surface area contributed by atoms with Crippen molar-refractivity contribution in [2.45, 2.75) is 19.9 Å². The molecule has 0 fully saturated rings. The molecule has 0 spiro atoms. The van der Waals surface area contributed by atoms with E-state index in [4.69, 9.17) is 5.11 Å². The van der Waals surface area contributed by atoms with Crippen LogP contribution in [0.3, 0.4) is 0 Å². The Kier molecular flexibility index (Phi) is 4.37. The molecule has 0 aliphatic carbocycles. The van der Waals surface area contributed by atoms with Crippen LogP contribution < -0.4 is 0 Å². The van der Waals surface area contributed by atoms with Crippen LogP contribution in [0.1, 0.15) is 24.3 Å². The van der Waals surface area contributed by atoms with Crippen molar-refractivity contribution in [1.29, 1.82) is 0 Å². The van der Waals surface area contributed by atoms with Crippen molar-refractivity contribution in [2.75, 3.05) is 13.2 Å². The van der Waals surface area contributed by atoms with Gasteiger partial charge in [0, 0.05) is 12.6 Å². The molecule has 0 atom stereocenters. The Morgan fingerprint density at radius 3 is 2.75 bits per heavy atom. The van der Waals surface area contributed by atoms with E-state index in [1.165, 1.54) is 23.1 Å². The summed E-state index contributed by atoms with van der Waals surface area (Å²) in [6.07, 6.45) is 0. The van der Waals surface area contributed by atoms with E-state index in [1.54, 1.807) is 0 Å². The van der Waals surface area contributed by atoms with Crippen LogP contribution in [0.15, 0.2) is 18.2 Å². The van der Waals surface area contributed by atoms with Gasteiger partial charge in [0.05, 0.1) is 6.61 Å². The van der Waals surface area contributed by atoms with E-state index in [0.29, 0.717) is 0 Å². The minimum atomic E-state index is -0.682. The fourth-order valence-electron chi connectivity index (χ4n) is 1.38. The predicted molar refractivity (Wildman–Crippen MR) is 57.5 cm³/mol. The maximum atomic E-state index is 12.8. The third-order valence-electron chi connectivity index (χ3n) is 2.16. The van der Waals surface area contributed by atoms with Crippen molar-refractivity contribution < 1.29 is 14.3 Å². The number of halogens is 1. The lowest BCUT2D eigenvalue weighted by atomic mass is 10.2. The zero-order valence-corrected chi connectivity index (χ0v) is 9.35. The first-order valence-corrected chi connectivity index (χ1v) is 5.10. The molecule has 1 N–H and O–H groups in total. The topological polar surface area (TPSA) is 53.4 Å². The Bertz CT molecular complexity index is 369. The van der Waals surface area contributed by atoms with Crippen LogP contribution in [0.5, 0.6) is 0 Å². The highest BCUT2D eigenvalue weighted by atomic mass is 19.1. The molecule has 0 aliphatic rings. The normalized spacial score (nSPS) is 10.6. The molecular formula is C11H15FN2O2. The number of pyridine rings is 1. The molecule has 0 saturated heterocycles. The summed E-state index contributed by atoms with van der Waals surface area (Å²) in [6.45, 7) is 3.74. The molecule has 0 saturated carbocycles. The van der Waals surface area contributed by atoms with Crippen molar-refractivity contribution in [1.82, 2.24) is 9.88 Å². The monoisotopic (exact) mass is 226 g/mol. The highest BCUT2D eigenvalue weighted by molar-refractivity contribution is 5.92. The molecular weight excluding hydrogens is 211 g/mol. The molecule has 0 radical (unpaired) electrons. The van der Waals surface area contributed by atoms with Crippen molar-refractivity contribution in [2.24, 2.45) is 0 Å². The summed E-state index contributed by atoms with van der Waals surface area (Å²) in [6, 6.07) is 4.01. The largest absolute Gasteiger partial charge is 0.395 e. The van der Waals surface area contributed by atoms with Crippen LogP contribution in [0.4, 0.5) is 4.39 Å². The molecule has 1 aromatic heterocycles. The van der Waals surface area contributed by atoms with Gasteiger partial charge in [0.15, 0.2) is 0 Å². The molecule has 5 heteroatoms. The zero-order valence-electron chi connectivity index (χ0n) is 9.35. The number of hydrogen-bond acceptors (Lipinski definition) is 3. The smallest absolute Gasteiger partial charge is 0.272 e. The Hall–Kier alpha value is -1.49. The van der Waals surface area contributed by atoms with Gasteiger partial charge in [0.1, 0.15) is 5.69 Å². The van der Waals surface area contributed by atoms with Gasteiger partial charge in [-0.2, -0.15) is 4.39 Å². The molecule has 0 unspecified atom stereocenters. The molecule has 1 rings (SSSR count). The summed E-state index contributed by atoms with van der Waals surface area (Å²) in [5, 5.41) is 8.85. The molecule has 0 bridgehead atoms. The number of carbonyl (C=O) groups excluding carboxylic acids is 1. The van der Waals surface area contributed by atoms with Crippen LogP contribution >= 0.6 is 0 Å². The van der Waals surface area contributed by atoms with Crippen LogP contribution in [0.2, 0.25) is 0 Å². The summed E-state index contributed by atoms with van der Waals surface area (Å²) in [7, 11) is 0. The van der Waals surface area contributed by atoms with Crippen molar-refractivity contribution in [3.8, 4) is 0 Å². The van der Waals surface area contributed by atoms with E-state index in [-0.39, 0.29) is 30.8 Å². The van der Waals surface area contributed by atoms with Gasteiger partial charge in [-0.05, 0) is 26.0 Å². The van der Waals surface area contributed by atoms with E-state index in [0.717, 1.165) is 0 Å². The second-order valence-corrected chi connectivity index (χ2v) is 3.66. The first kappa shape index (κ1) is 12.6. The SMILES string of the molecule is CC(C)N(CCO)C(=O)c1cccc(F)n1. The molecule has 1 heterocycles. The molecule has 0 aliphatic heterocycles. The van der Waals surface area contributed by atoms with Crippen molar-refractivity contribution >= 4 is 5.91 Å². The third-order valence-corrected chi connectivity index (χ3v) is 2.16. The van der Waals surface area contributed by atoms with Crippen molar-refractivity contribution in [3.63, 3.8) is 0 Å². The lowest BCUT2D eigenvalue weighted by molar-refractivity contribution is 0.0658. The quantitative estimate of drug-likeness (QED) is 0.781. The van der Waals surface area contributed by atoms with Gasteiger partial charge >= 0.3 is 0 Å². The standard InChI is InChI=1S/C11H15FN2O2/c1-8(2)14(6-7-15)11(16)9-4-3-5-10(12)13-9/h3-5,8,15H,6-7H2,1-2H3. The number of aromatic nitrogens is 1. The van der Waals surface area contributed by atoms with Crippen LogP contribution in [-0.2, 0) is 0 Å². The Balaban J connectivity index is 2.90. The maximum Gasteiger partial charge on any atom is 0.272 e. The summed E-state index contributed by atoms with van der Waals surface area (Å²) < 4.78 is 12.8. The second-order valence-electron chi connectivity index (χ2n) is 3.66. The van der Waals surface area contributed by atoms with Gasteiger partial charge in [-0.1, -0.05) is 6.07 Å². The van der Waals surface area contributed by atoms with Crippen LogP contribution in [0, 0.1) is 5.95 Å². The maximum absolute atomic E-state index is 12.8. The van der Waals surface area contributed by atoms with E-state index >= 15 is 0 Å². The number of carbonyl (C=O) groups is 1. The van der Waals surface area contributed by atoms with E-state index in [2.05, 4.69) is 4.98 Å². The van der Waals surface area contributed by atoms with E-state index in [1.807, 2.05) is 13.8 Å². The fraction of sp³-hybridized carbons (Fsp3) is 0.455. The summed E-state index contributed by atoms with van der Waals surface area (Å²) in [5.41, 5.74) is 0.0575. The second kappa shape index (κ2) is 5.55. The number of nitrogens with zero attached hydrogens (tertiary/aromatic N) is 2.